The van der Waals surface area contributed by atoms with Crippen LogP contribution < -0.4 is 25.5 Å². The second-order valence-corrected chi connectivity index (χ2v) is 29.7. The van der Waals surface area contributed by atoms with Crippen molar-refractivity contribution < 1.29 is 37.4 Å². The third-order valence-corrected chi connectivity index (χ3v) is 23.6. The molecule has 8 nitrogen and oxygen atoms in total. The highest BCUT2D eigenvalue weighted by atomic mass is 28.4. The molecule has 0 spiro atoms. The van der Waals surface area contributed by atoms with E-state index in [0.29, 0.717) is 39.3 Å². The van der Waals surface area contributed by atoms with Gasteiger partial charge in [-0.2, -0.15) is 0 Å². The molecule has 0 radical (unpaired) electrons. The average Bonchev–Trinajstić information content (AvgIpc) is 3.36. The van der Waals surface area contributed by atoms with Crippen LogP contribution in [0.5, 0.6) is 5.75 Å². The van der Waals surface area contributed by atoms with Crippen molar-refractivity contribution in [2.24, 2.45) is 17.8 Å². The Hall–Kier alpha value is -5.63. The molecule has 0 unspecified atom stereocenters. The lowest BCUT2D eigenvalue weighted by molar-refractivity contribution is -0.164. The molecule has 376 valence electrons. The number of benzene rings is 5. The monoisotopic (exact) mass is 993 g/mol. The number of esters is 2. The molecule has 0 N–H and O–H groups in total. The molecule has 0 aliphatic carbocycles. The number of hydrogen-bond donors (Lipinski definition) is 0. The lowest BCUT2D eigenvalue weighted by atomic mass is 9.89. The summed E-state index contributed by atoms with van der Waals surface area (Å²) in [5.74, 6) is -0.182. The molecular formula is C61H76O8Si2. The van der Waals surface area contributed by atoms with E-state index >= 15 is 0 Å². The third kappa shape index (κ3) is 14.1. The Balaban J connectivity index is 1.22. The number of hydrogen-bond acceptors (Lipinski definition) is 8. The number of carbonyl (C=O) groups excluding carboxylic acids is 2. The summed E-state index contributed by atoms with van der Waals surface area (Å²) in [4.78, 5) is 26.2. The predicted octanol–water partition coefficient (Wildman–Crippen LogP) is 10.9. The molecule has 5 aromatic carbocycles. The van der Waals surface area contributed by atoms with Crippen LogP contribution in [0.3, 0.4) is 0 Å². The number of methoxy groups -OCH3 is 1. The number of carbonyl (C=O) groups is 2. The van der Waals surface area contributed by atoms with Crippen LogP contribution in [0.2, 0.25) is 10.1 Å². The van der Waals surface area contributed by atoms with Gasteiger partial charge in [0.25, 0.3) is 16.6 Å². The van der Waals surface area contributed by atoms with Gasteiger partial charge in [0.2, 0.25) is 0 Å². The summed E-state index contributed by atoms with van der Waals surface area (Å²) in [6.45, 7) is 21.9. The Morgan fingerprint density at radius 1 is 0.676 bits per heavy atom. The minimum Gasteiger partial charge on any atom is -0.497 e. The lowest BCUT2D eigenvalue weighted by Crippen LogP contribution is -2.67. The van der Waals surface area contributed by atoms with Crippen LogP contribution in [0.25, 0.3) is 0 Å². The third-order valence-electron chi connectivity index (χ3n) is 13.6. The Morgan fingerprint density at radius 2 is 1.17 bits per heavy atom. The minimum atomic E-state index is -2.90. The molecule has 5 atom stereocenters. The van der Waals surface area contributed by atoms with Crippen molar-refractivity contribution in [1.29, 1.82) is 0 Å². The van der Waals surface area contributed by atoms with Gasteiger partial charge >= 0.3 is 11.9 Å². The summed E-state index contributed by atoms with van der Waals surface area (Å²) in [5, 5.41) is 4.50. The van der Waals surface area contributed by atoms with Gasteiger partial charge in [-0.25, -0.2) is 9.59 Å². The molecule has 1 aliphatic rings. The van der Waals surface area contributed by atoms with Gasteiger partial charge in [-0.3, -0.25) is 0 Å². The van der Waals surface area contributed by atoms with Gasteiger partial charge in [-0.05, 0) is 86.2 Å². The van der Waals surface area contributed by atoms with E-state index < -0.39 is 40.8 Å². The van der Waals surface area contributed by atoms with Crippen LogP contribution in [-0.4, -0.2) is 67.7 Å². The SMILES string of the molecule is COc1ccc(COC[C@H](C)C[C@H](C)[C@H]2OC(=O)C=C[C@H]2OC(=O)/C=C/C(C)=C/[C@H](CCO[Si](c2ccccc2)(c2ccccc2)C(C)(C)C)CO[Si](c2ccccc2)(c2ccccc2)C(C)(C)C)cc1. The van der Waals surface area contributed by atoms with Crippen molar-refractivity contribution in [3.8, 4) is 5.75 Å². The van der Waals surface area contributed by atoms with E-state index in [1.165, 1.54) is 32.9 Å². The number of cyclic esters (lactones) is 1. The van der Waals surface area contributed by atoms with Gasteiger partial charge in [0.15, 0.2) is 6.10 Å². The molecule has 0 fully saturated rings. The van der Waals surface area contributed by atoms with Crippen molar-refractivity contribution >= 4 is 49.3 Å². The first-order valence-corrected chi connectivity index (χ1v) is 28.9. The van der Waals surface area contributed by atoms with Gasteiger partial charge < -0.3 is 27.8 Å². The number of rotatable bonds is 23. The van der Waals surface area contributed by atoms with Crippen molar-refractivity contribution in [3.63, 3.8) is 0 Å². The molecule has 1 heterocycles. The van der Waals surface area contributed by atoms with E-state index in [1.54, 1.807) is 19.3 Å². The first kappa shape index (κ1) is 54.7. The highest BCUT2D eigenvalue weighted by molar-refractivity contribution is 7.00. The molecule has 71 heavy (non-hydrogen) atoms. The second kappa shape index (κ2) is 25.2. The van der Waals surface area contributed by atoms with E-state index in [1.807, 2.05) is 38.1 Å². The van der Waals surface area contributed by atoms with E-state index in [0.717, 1.165) is 16.9 Å². The summed E-state index contributed by atoms with van der Waals surface area (Å²) in [5.41, 5.74) is 1.95. The van der Waals surface area contributed by atoms with Gasteiger partial charge in [-0.1, -0.05) is 207 Å². The fourth-order valence-electron chi connectivity index (χ4n) is 10.1. The normalized spacial score (nSPS) is 17.1. The van der Waals surface area contributed by atoms with Crippen molar-refractivity contribution in [2.45, 2.75) is 104 Å². The van der Waals surface area contributed by atoms with Gasteiger partial charge in [0.1, 0.15) is 11.9 Å². The number of allylic oxidation sites excluding steroid dienone is 2. The summed E-state index contributed by atoms with van der Waals surface area (Å²) in [6, 6.07) is 50.7. The maximum absolute atomic E-state index is 13.6. The van der Waals surface area contributed by atoms with Gasteiger partial charge in [0, 0.05) is 37.9 Å². The van der Waals surface area contributed by atoms with Crippen molar-refractivity contribution in [1.82, 2.24) is 0 Å². The molecular weight excluding hydrogens is 917 g/mol. The fourth-order valence-corrected chi connectivity index (χ4v) is 19.3. The minimum absolute atomic E-state index is 0.0800. The molecule has 1 aliphatic heterocycles. The molecule has 5 aromatic rings. The molecule has 0 saturated carbocycles. The first-order chi connectivity index (χ1) is 34.0. The maximum atomic E-state index is 13.6. The van der Waals surface area contributed by atoms with Crippen LogP contribution in [0.4, 0.5) is 0 Å². The van der Waals surface area contributed by atoms with Crippen LogP contribution in [0.1, 0.15) is 80.7 Å². The zero-order valence-corrected chi connectivity index (χ0v) is 45.6. The van der Waals surface area contributed by atoms with Crippen LogP contribution in [-0.2, 0) is 39.3 Å². The Labute approximate surface area is 426 Å². The van der Waals surface area contributed by atoms with Crippen LogP contribution in [0.15, 0.2) is 182 Å². The predicted molar refractivity (Wildman–Crippen MR) is 293 cm³/mol. The highest BCUT2D eigenvalue weighted by Gasteiger charge is 2.52. The molecule has 0 saturated heterocycles. The maximum Gasteiger partial charge on any atom is 0.331 e. The van der Waals surface area contributed by atoms with Crippen molar-refractivity contribution in [2.75, 3.05) is 26.9 Å². The van der Waals surface area contributed by atoms with Crippen LogP contribution in [0, 0.1) is 17.8 Å². The lowest BCUT2D eigenvalue weighted by Gasteiger charge is -2.44. The number of ether oxygens (including phenoxy) is 4. The molecule has 0 bridgehead atoms. The zero-order chi connectivity index (χ0) is 51.1. The van der Waals surface area contributed by atoms with E-state index in [9.17, 15) is 9.59 Å². The summed E-state index contributed by atoms with van der Waals surface area (Å²) in [7, 11) is -4.08. The second-order valence-electron chi connectivity index (χ2n) is 21.1. The fraction of sp³-hybridized carbons (Fsp3) is 0.377. The van der Waals surface area contributed by atoms with E-state index in [4.69, 9.17) is 27.8 Å². The first-order valence-electron chi connectivity index (χ1n) is 25.1. The molecule has 6 rings (SSSR count). The molecule has 0 aromatic heterocycles. The highest BCUT2D eigenvalue weighted by Crippen LogP contribution is 2.39. The van der Waals surface area contributed by atoms with Gasteiger partial charge in [0.05, 0.1) is 13.7 Å². The summed E-state index contributed by atoms with van der Waals surface area (Å²) in [6.07, 6.45) is 8.47. The van der Waals surface area contributed by atoms with Crippen molar-refractivity contribution in [3.05, 3.63) is 187 Å². The summed E-state index contributed by atoms with van der Waals surface area (Å²) < 4.78 is 38.2. The largest absolute Gasteiger partial charge is 0.497 e. The Bertz CT molecular complexity index is 2430. The van der Waals surface area contributed by atoms with Crippen LogP contribution >= 0.6 is 0 Å². The van der Waals surface area contributed by atoms with E-state index in [-0.39, 0.29) is 27.8 Å². The average molecular weight is 993 g/mol. The summed E-state index contributed by atoms with van der Waals surface area (Å²) >= 11 is 0. The molecule has 10 heteroatoms. The van der Waals surface area contributed by atoms with E-state index in [2.05, 4.69) is 176 Å². The smallest absolute Gasteiger partial charge is 0.331 e. The zero-order valence-electron chi connectivity index (χ0n) is 43.6. The quantitative estimate of drug-likeness (QED) is 0.0277. The standard InChI is InChI=1S/C61H76O8Si2/c1-46(31-37-57(62)68-56-36-38-58(63)69-59(56)48(3)41-47(2)43-65-44-49-32-34-51(64-10)35-33-49)42-50(45-67-71(61(7,8)9,54-27-19-13-20-28-54)55-29-21-14-22-30-55)39-40-66-70(60(4,5)6,52-23-15-11-16-24-52)53-25-17-12-18-26-53/h11-38,42,47-48,50,56,59H,39-41,43-45H2,1-10H3/b37-31+,46-42+/t47-,48+,50+,56-,59-/m1/s1. The molecule has 0 amide bonds. The van der Waals surface area contributed by atoms with Gasteiger partial charge in [-0.15, -0.1) is 0 Å². The Kier molecular flexibility index (Phi) is 19.4. The Morgan fingerprint density at radius 3 is 1.65 bits per heavy atom. The topological polar surface area (TPSA) is 89.5 Å².